The highest BCUT2D eigenvalue weighted by molar-refractivity contribution is 5.97. The highest BCUT2D eigenvalue weighted by Crippen LogP contribution is 2.22. The van der Waals surface area contributed by atoms with Crippen molar-refractivity contribution < 1.29 is 23.6 Å². The SMILES string of the molecule is C[n+]1c[nH]cc1CC(=O)NC(COCc1ccccc1)C(=O)Nc1ccc(Oc2ccccc2)cc1. The van der Waals surface area contributed by atoms with Crippen molar-refractivity contribution in [3.8, 4) is 11.5 Å². The van der Waals surface area contributed by atoms with Gasteiger partial charge in [0, 0.05) is 5.69 Å². The number of H-pyrrole nitrogens is 1. The maximum Gasteiger partial charge on any atom is 0.249 e. The molecule has 8 heteroatoms. The molecule has 0 saturated heterocycles. The number of aryl methyl sites for hydroxylation is 1. The Labute approximate surface area is 209 Å². The summed E-state index contributed by atoms with van der Waals surface area (Å²) in [7, 11) is 1.84. The van der Waals surface area contributed by atoms with Gasteiger partial charge in [0.2, 0.25) is 18.1 Å². The molecule has 0 aliphatic carbocycles. The topological polar surface area (TPSA) is 96.3 Å². The standard InChI is InChI=1S/C28H28N4O4/c1-32-20-29-17-23(32)16-27(33)31-26(19-35-18-21-8-4-2-5-9-21)28(34)30-22-12-14-25(15-13-22)36-24-10-6-3-7-11-24/h2-15,17,20,26H,16,18-19H2,1H3,(H2,30,31,33,34)/p+1. The van der Waals surface area contributed by atoms with E-state index in [0.717, 1.165) is 17.0 Å². The maximum absolute atomic E-state index is 13.1. The van der Waals surface area contributed by atoms with E-state index in [9.17, 15) is 9.59 Å². The Morgan fingerprint density at radius 3 is 2.25 bits per heavy atom. The first kappa shape index (κ1) is 24.7. The molecule has 1 aromatic heterocycles. The fraction of sp³-hybridized carbons (Fsp3) is 0.179. The lowest BCUT2D eigenvalue weighted by atomic mass is 10.2. The first-order valence-electron chi connectivity index (χ1n) is 11.6. The molecule has 3 N–H and O–H groups in total. The van der Waals surface area contributed by atoms with E-state index in [4.69, 9.17) is 9.47 Å². The number of carbonyl (C=O) groups is 2. The third-order valence-corrected chi connectivity index (χ3v) is 5.46. The second-order valence-electron chi connectivity index (χ2n) is 8.27. The third kappa shape index (κ3) is 7.28. The molecule has 4 aromatic rings. The molecule has 1 atom stereocenters. The zero-order valence-corrected chi connectivity index (χ0v) is 20.0. The Hall–Kier alpha value is -4.43. The van der Waals surface area contributed by atoms with Crippen LogP contribution in [-0.2, 0) is 34.4 Å². The number of hydrogen-bond donors (Lipinski definition) is 3. The van der Waals surface area contributed by atoms with Crippen LogP contribution in [0, 0.1) is 0 Å². The monoisotopic (exact) mass is 485 g/mol. The van der Waals surface area contributed by atoms with Gasteiger partial charge in [0.25, 0.3) is 0 Å². The summed E-state index contributed by atoms with van der Waals surface area (Å²) in [4.78, 5) is 28.7. The molecule has 0 bridgehead atoms. The van der Waals surface area contributed by atoms with Gasteiger partial charge in [-0.3, -0.25) is 9.59 Å². The quantitative estimate of drug-likeness (QED) is 0.283. The zero-order valence-electron chi connectivity index (χ0n) is 20.0. The summed E-state index contributed by atoms with van der Waals surface area (Å²) >= 11 is 0. The zero-order chi connectivity index (χ0) is 25.2. The number of benzene rings is 3. The van der Waals surface area contributed by atoms with Gasteiger partial charge in [0.1, 0.15) is 23.7 Å². The molecule has 8 nitrogen and oxygen atoms in total. The summed E-state index contributed by atoms with van der Waals surface area (Å²) in [5, 5.41) is 5.66. The molecule has 0 radical (unpaired) electrons. The van der Waals surface area contributed by atoms with Gasteiger partial charge in [-0.05, 0) is 42.0 Å². The molecule has 0 saturated carbocycles. The van der Waals surface area contributed by atoms with Crippen molar-refractivity contribution in [2.75, 3.05) is 11.9 Å². The summed E-state index contributed by atoms with van der Waals surface area (Å²) in [5.41, 5.74) is 2.36. The average Bonchev–Trinajstić information content (AvgIpc) is 3.29. The fourth-order valence-electron chi connectivity index (χ4n) is 3.53. The highest BCUT2D eigenvalue weighted by atomic mass is 16.5. The van der Waals surface area contributed by atoms with Crippen molar-refractivity contribution in [2.45, 2.75) is 19.1 Å². The molecule has 2 amide bonds. The number of imidazole rings is 1. The van der Waals surface area contributed by atoms with Crippen LogP contribution in [0.5, 0.6) is 11.5 Å². The number of rotatable bonds is 11. The van der Waals surface area contributed by atoms with Gasteiger partial charge >= 0.3 is 0 Å². The lowest BCUT2D eigenvalue weighted by Crippen LogP contribution is -2.48. The first-order chi connectivity index (χ1) is 17.6. The number of para-hydroxylation sites is 1. The Kier molecular flexibility index (Phi) is 8.45. The second kappa shape index (κ2) is 12.3. The van der Waals surface area contributed by atoms with Gasteiger partial charge < -0.3 is 20.1 Å². The molecule has 3 aromatic carbocycles. The molecule has 1 unspecified atom stereocenters. The van der Waals surface area contributed by atoms with Crippen LogP contribution in [0.3, 0.4) is 0 Å². The second-order valence-corrected chi connectivity index (χ2v) is 8.27. The van der Waals surface area contributed by atoms with E-state index in [1.54, 1.807) is 36.8 Å². The van der Waals surface area contributed by atoms with Crippen LogP contribution in [0.25, 0.3) is 0 Å². The van der Waals surface area contributed by atoms with E-state index in [2.05, 4.69) is 15.6 Å². The molecular formula is C28H29N4O4+. The molecule has 0 spiro atoms. The molecule has 36 heavy (non-hydrogen) atoms. The number of anilines is 1. The highest BCUT2D eigenvalue weighted by Gasteiger charge is 2.23. The van der Waals surface area contributed by atoms with Crippen LogP contribution in [0.2, 0.25) is 0 Å². The van der Waals surface area contributed by atoms with E-state index in [-0.39, 0.29) is 24.8 Å². The van der Waals surface area contributed by atoms with Crippen molar-refractivity contribution in [3.63, 3.8) is 0 Å². The van der Waals surface area contributed by atoms with E-state index in [1.165, 1.54) is 0 Å². The average molecular weight is 486 g/mol. The molecule has 0 fully saturated rings. The predicted octanol–water partition coefficient (Wildman–Crippen LogP) is 3.51. The van der Waals surface area contributed by atoms with Crippen LogP contribution >= 0.6 is 0 Å². The molecular weight excluding hydrogens is 456 g/mol. The lowest BCUT2D eigenvalue weighted by molar-refractivity contribution is -0.676. The Morgan fingerprint density at radius 1 is 0.917 bits per heavy atom. The predicted molar refractivity (Wildman–Crippen MR) is 135 cm³/mol. The van der Waals surface area contributed by atoms with E-state index in [1.807, 2.05) is 72.3 Å². The van der Waals surface area contributed by atoms with Gasteiger partial charge in [-0.25, -0.2) is 9.55 Å². The van der Waals surface area contributed by atoms with Crippen LogP contribution in [0.15, 0.2) is 97.5 Å². The molecule has 0 aliphatic rings. The van der Waals surface area contributed by atoms with Crippen LogP contribution in [0.1, 0.15) is 11.3 Å². The Balaban J connectivity index is 1.38. The summed E-state index contributed by atoms with van der Waals surface area (Å²) < 4.78 is 13.4. The lowest BCUT2D eigenvalue weighted by Gasteiger charge is -2.19. The van der Waals surface area contributed by atoms with Gasteiger partial charge in [-0.15, -0.1) is 0 Å². The summed E-state index contributed by atoms with van der Waals surface area (Å²) in [6.07, 6.45) is 3.63. The van der Waals surface area contributed by atoms with E-state index in [0.29, 0.717) is 18.0 Å². The molecule has 1 heterocycles. The number of amides is 2. The van der Waals surface area contributed by atoms with Gasteiger partial charge in [0.05, 0.1) is 26.7 Å². The summed E-state index contributed by atoms with van der Waals surface area (Å²) in [6, 6.07) is 25.3. The Morgan fingerprint density at radius 2 is 1.58 bits per heavy atom. The smallest absolute Gasteiger partial charge is 0.249 e. The van der Waals surface area contributed by atoms with Crippen LogP contribution in [-0.4, -0.2) is 29.4 Å². The minimum Gasteiger partial charge on any atom is -0.457 e. The minimum absolute atomic E-state index is 0.0287. The van der Waals surface area contributed by atoms with Crippen molar-refractivity contribution in [1.82, 2.24) is 10.3 Å². The minimum atomic E-state index is -0.870. The van der Waals surface area contributed by atoms with Crippen molar-refractivity contribution in [3.05, 3.63) is 109 Å². The number of nitrogens with one attached hydrogen (secondary N) is 3. The fourth-order valence-corrected chi connectivity index (χ4v) is 3.53. The van der Waals surface area contributed by atoms with E-state index < -0.39 is 6.04 Å². The normalized spacial score (nSPS) is 11.5. The number of hydrogen-bond acceptors (Lipinski definition) is 4. The number of carbonyl (C=O) groups excluding carboxylic acids is 2. The number of aromatic nitrogens is 2. The van der Waals surface area contributed by atoms with Gasteiger partial charge in [0.15, 0.2) is 5.69 Å². The van der Waals surface area contributed by atoms with Crippen molar-refractivity contribution in [1.29, 1.82) is 0 Å². The first-order valence-corrected chi connectivity index (χ1v) is 11.6. The van der Waals surface area contributed by atoms with E-state index >= 15 is 0 Å². The van der Waals surface area contributed by atoms with Crippen molar-refractivity contribution in [2.24, 2.45) is 7.05 Å². The molecule has 184 valence electrons. The van der Waals surface area contributed by atoms with Gasteiger partial charge in [-0.1, -0.05) is 48.5 Å². The summed E-state index contributed by atoms with van der Waals surface area (Å²) in [6.45, 7) is 0.361. The molecule has 4 rings (SSSR count). The maximum atomic E-state index is 13.1. The number of ether oxygens (including phenoxy) is 2. The van der Waals surface area contributed by atoms with Gasteiger partial charge in [-0.2, -0.15) is 0 Å². The largest absolute Gasteiger partial charge is 0.457 e. The van der Waals surface area contributed by atoms with Crippen LogP contribution < -0.4 is 19.9 Å². The van der Waals surface area contributed by atoms with Crippen molar-refractivity contribution >= 4 is 17.5 Å². The number of aromatic amines is 1. The summed E-state index contributed by atoms with van der Waals surface area (Å²) in [5.74, 6) is 0.727. The Bertz CT molecular complexity index is 1260. The number of nitrogens with zero attached hydrogens (tertiary/aromatic N) is 1. The van der Waals surface area contributed by atoms with Crippen LogP contribution in [0.4, 0.5) is 5.69 Å². The third-order valence-electron chi connectivity index (χ3n) is 5.46. The molecule has 0 aliphatic heterocycles.